The second kappa shape index (κ2) is 11.1. The first-order valence-corrected chi connectivity index (χ1v) is 13.4. The van der Waals surface area contributed by atoms with Crippen LogP contribution in [0.3, 0.4) is 0 Å². The van der Waals surface area contributed by atoms with Crippen LogP contribution in [0.15, 0.2) is 24.4 Å². The van der Waals surface area contributed by atoms with Gasteiger partial charge >= 0.3 is 0 Å². The van der Waals surface area contributed by atoms with Gasteiger partial charge in [-0.15, -0.1) is 0 Å². The van der Waals surface area contributed by atoms with E-state index in [-0.39, 0.29) is 24.5 Å². The van der Waals surface area contributed by atoms with Crippen molar-refractivity contribution in [2.45, 2.75) is 70.7 Å². The van der Waals surface area contributed by atoms with Gasteiger partial charge in [-0.25, -0.2) is 4.98 Å². The van der Waals surface area contributed by atoms with Gasteiger partial charge in [0.15, 0.2) is 5.82 Å². The molecule has 3 aromatic rings. The van der Waals surface area contributed by atoms with Crippen LogP contribution in [0.2, 0.25) is 0 Å². The van der Waals surface area contributed by atoms with Crippen molar-refractivity contribution in [1.29, 1.82) is 0 Å². The van der Waals surface area contributed by atoms with Gasteiger partial charge in [0.25, 0.3) is 0 Å². The summed E-state index contributed by atoms with van der Waals surface area (Å²) in [6, 6.07) is 7.16. The predicted octanol–water partition coefficient (Wildman–Crippen LogP) is 2.23. The van der Waals surface area contributed by atoms with Crippen molar-refractivity contribution in [3.63, 3.8) is 0 Å². The Morgan fingerprint density at radius 2 is 2.08 bits per heavy atom. The number of anilines is 2. The number of fused-ring (bicyclic) bond motifs is 3. The number of amides is 1. The number of aliphatic hydroxyl groups excluding tert-OH is 1. The van der Waals surface area contributed by atoms with E-state index in [1.807, 2.05) is 9.58 Å². The van der Waals surface area contributed by atoms with E-state index in [1.54, 1.807) is 20.2 Å². The molecule has 204 valence electrons. The molecular weight excluding hydrogens is 484 g/mol. The number of hydrogen-bond donors (Lipinski definition) is 3. The van der Waals surface area contributed by atoms with E-state index in [0.717, 1.165) is 55.7 Å². The molecule has 4 N–H and O–H groups in total. The molecule has 2 aliphatic heterocycles. The lowest BCUT2D eigenvalue weighted by Crippen LogP contribution is -2.47. The lowest BCUT2D eigenvalue weighted by Gasteiger charge is -2.33. The molecule has 11 nitrogen and oxygen atoms in total. The predicted molar refractivity (Wildman–Crippen MR) is 146 cm³/mol. The van der Waals surface area contributed by atoms with E-state index >= 15 is 0 Å². The minimum atomic E-state index is 0.0723. The van der Waals surface area contributed by atoms with Gasteiger partial charge in [-0.2, -0.15) is 10.1 Å². The summed E-state index contributed by atoms with van der Waals surface area (Å²) in [4.78, 5) is 25.2. The summed E-state index contributed by atoms with van der Waals surface area (Å²) in [6.07, 6.45) is 5.27. The molecule has 2 aliphatic rings. The van der Waals surface area contributed by atoms with Crippen LogP contribution in [0.1, 0.15) is 50.7 Å². The molecule has 1 unspecified atom stereocenters. The first-order chi connectivity index (χ1) is 18.4. The van der Waals surface area contributed by atoms with Crippen molar-refractivity contribution in [3.8, 4) is 5.75 Å². The molecule has 1 aromatic carbocycles. The number of ether oxygens (including phenoxy) is 1. The normalized spacial score (nSPS) is 19.8. The Morgan fingerprint density at radius 3 is 2.76 bits per heavy atom. The van der Waals surface area contributed by atoms with Crippen LogP contribution >= 0.6 is 0 Å². The van der Waals surface area contributed by atoms with Gasteiger partial charge in [0.2, 0.25) is 11.9 Å². The van der Waals surface area contributed by atoms with Crippen LogP contribution in [-0.2, 0) is 17.9 Å². The van der Waals surface area contributed by atoms with E-state index in [1.165, 1.54) is 5.56 Å². The third-order valence-electron chi connectivity index (χ3n) is 7.78. The SMILES string of the molecule is CCCC(CCO)Nc1nc(N)nc2cnn(Cc3ccc(CN4C[C@@H]5C[C@H]4CN5C(C)=O)cc3OC)c12. The van der Waals surface area contributed by atoms with Gasteiger partial charge in [0.1, 0.15) is 16.8 Å². The molecule has 0 radical (unpaired) electrons. The first-order valence-electron chi connectivity index (χ1n) is 13.4. The Morgan fingerprint density at radius 1 is 1.24 bits per heavy atom. The number of aliphatic hydroxyl groups is 1. The smallest absolute Gasteiger partial charge is 0.222 e. The van der Waals surface area contributed by atoms with Crippen molar-refractivity contribution >= 4 is 28.7 Å². The molecule has 0 saturated carbocycles. The topological polar surface area (TPSA) is 135 Å². The molecule has 38 heavy (non-hydrogen) atoms. The molecule has 5 rings (SSSR count). The maximum atomic E-state index is 11.8. The minimum absolute atomic E-state index is 0.0723. The van der Waals surface area contributed by atoms with E-state index < -0.39 is 0 Å². The van der Waals surface area contributed by atoms with Crippen molar-refractivity contribution in [2.75, 3.05) is 37.9 Å². The van der Waals surface area contributed by atoms with Crippen LogP contribution < -0.4 is 15.8 Å². The molecule has 3 atom stereocenters. The Hall–Kier alpha value is -3.44. The van der Waals surface area contributed by atoms with Gasteiger partial charge in [0, 0.05) is 56.9 Å². The van der Waals surface area contributed by atoms with E-state index in [0.29, 0.717) is 36.4 Å². The minimum Gasteiger partial charge on any atom is -0.496 e. The van der Waals surface area contributed by atoms with Crippen LogP contribution in [0.25, 0.3) is 11.0 Å². The lowest BCUT2D eigenvalue weighted by molar-refractivity contribution is -0.131. The number of nitrogens with zero attached hydrogens (tertiary/aromatic N) is 6. The van der Waals surface area contributed by atoms with Gasteiger partial charge in [-0.3, -0.25) is 14.4 Å². The highest BCUT2D eigenvalue weighted by Crippen LogP contribution is 2.33. The van der Waals surface area contributed by atoms with Crippen LogP contribution in [-0.4, -0.2) is 85.5 Å². The summed E-state index contributed by atoms with van der Waals surface area (Å²) in [5, 5.41) is 17.6. The highest BCUT2D eigenvalue weighted by Gasteiger charge is 2.44. The Balaban J connectivity index is 1.35. The summed E-state index contributed by atoms with van der Waals surface area (Å²) < 4.78 is 7.66. The number of piperazine rings is 1. The summed E-state index contributed by atoms with van der Waals surface area (Å²) in [6.45, 7) is 6.93. The highest BCUT2D eigenvalue weighted by molar-refractivity contribution is 5.86. The number of methoxy groups -OCH3 is 1. The number of carbonyl (C=O) groups is 1. The molecular formula is C27H38N8O3. The third-order valence-corrected chi connectivity index (χ3v) is 7.78. The van der Waals surface area contributed by atoms with E-state index in [2.05, 4.69) is 50.4 Å². The zero-order chi connectivity index (χ0) is 26.8. The number of likely N-dealkylation sites (tertiary alicyclic amines) is 2. The van der Waals surface area contributed by atoms with Gasteiger partial charge in [0.05, 0.1) is 19.9 Å². The fourth-order valence-corrected chi connectivity index (χ4v) is 5.97. The van der Waals surface area contributed by atoms with Crippen LogP contribution in [0.5, 0.6) is 5.75 Å². The number of nitrogen functional groups attached to an aromatic ring is 1. The highest BCUT2D eigenvalue weighted by atomic mass is 16.5. The fourth-order valence-electron chi connectivity index (χ4n) is 5.97. The monoisotopic (exact) mass is 522 g/mol. The number of nitrogens with one attached hydrogen (secondary N) is 1. The number of nitrogens with two attached hydrogens (primary N) is 1. The Bertz CT molecular complexity index is 1290. The lowest BCUT2D eigenvalue weighted by atomic mass is 10.1. The zero-order valence-corrected chi connectivity index (χ0v) is 22.4. The van der Waals surface area contributed by atoms with Gasteiger partial charge < -0.3 is 25.8 Å². The quantitative estimate of drug-likeness (QED) is 0.346. The van der Waals surface area contributed by atoms with E-state index in [9.17, 15) is 9.90 Å². The number of benzene rings is 1. The van der Waals surface area contributed by atoms with Crippen molar-refractivity contribution < 1.29 is 14.6 Å². The average Bonchev–Trinajstić information content (AvgIpc) is 3.60. The van der Waals surface area contributed by atoms with Crippen molar-refractivity contribution in [3.05, 3.63) is 35.5 Å². The van der Waals surface area contributed by atoms with Gasteiger partial charge in [-0.1, -0.05) is 25.5 Å². The molecule has 2 bridgehead atoms. The summed E-state index contributed by atoms with van der Waals surface area (Å²) in [5.41, 5.74) is 9.61. The molecule has 0 aliphatic carbocycles. The van der Waals surface area contributed by atoms with Crippen molar-refractivity contribution in [1.82, 2.24) is 29.5 Å². The Kier molecular flexibility index (Phi) is 7.66. The maximum absolute atomic E-state index is 11.8. The molecule has 1 amide bonds. The third kappa shape index (κ3) is 5.25. The second-order valence-corrected chi connectivity index (χ2v) is 10.4. The number of aromatic nitrogens is 4. The maximum Gasteiger partial charge on any atom is 0.222 e. The van der Waals surface area contributed by atoms with Crippen LogP contribution in [0.4, 0.5) is 11.8 Å². The van der Waals surface area contributed by atoms with Crippen LogP contribution in [0, 0.1) is 0 Å². The number of carbonyl (C=O) groups excluding carboxylic acids is 1. The molecule has 2 saturated heterocycles. The van der Waals surface area contributed by atoms with Crippen molar-refractivity contribution in [2.24, 2.45) is 0 Å². The van der Waals surface area contributed by atoms with Gasteiger partial charge in [-0.05, 0) is 30.9 Å². The summed E-state index contributed by atoms with van der Waals surface area (Å²) in [5.74, 6) is 1.78. The zero-order valence-electron chi connectivity index (χ0n) is 22.4. The molecule has 2 aromatic heterocycles. The second-order valence-electron chi connectivity index (χ2n) is 10.4. The summed E-state index contributed by atoms with van der Waals surface area (Å²) >= 11 is 0. The molecule has 0 spiro atoms. The Labute approximate surface area is 223 Å². The largest absolute Gasteiger partial charge is 0.496 e. The molecule has 2 fully saturated rings. The average molecular weight is 523 g/mol. The molecule has 11 heteroatoms. The standard InChI is InChI=1S/C27H38N8O3/c1-4-5-20(8-9-36)30-26-25-23(31-27(28)32-26)12-29-35(25)14-19-7-6-18(10-24(19)38-3)13-33-15-22-11-21(33)16-34(22)17(2)37/h6-7,10,12,20-22,36H,4-5,8-9,11,13-16H2,1-3H3,(H3,28,30,31,32)/t20?,21-,22-/m0/s1. The fraction of sp³-hybridized carbons (Fsp3) is 0.556. The molecule has 4 heterocycles. The summed E-state index contributed by atoms with van der Waals surface area (Å²) in [7, 11) is 1.69. The first kappa shape index (κ1) is 26.2. The number of rotatable bonds is 11. The van der Waals surface area contributed by atoms with E-state index in [4.69, 9.17) is 10.5 Å². The number of hydrogen-bond acceptors (Lipinski definition) is 9.